The van der Waals surface area contributed by atoms with Crippen molar-refractivity contribution < 1.29 is 0 Å². The van der Waals surface area contributed by atoms with E-state index in [2.05, 4.69) is 51.9 Å². The second-order valence-corrected chi connectivity index (χ2v) is 9.78. The molecule has 0 bridgehead atoms. The Balaban J connectivity index is 1.42. The van der Waals surface area contributed by atoms with Crippen LogP contribution in [0.25, 0.3) is 0 Å². The molecule has 1 aromatic carbocycles. The first kappa shape index (κ1) is 18.8. The summed E-state index contributed by atoms with van der Waals surface area (Å²) in [6.07, 6.45) is 12.8. The van der Waals surface area contributed by atoms with Crippen molar-refractivity contribution in [3.05, 3.63) is 59.3 Å². The van der Waals surface area contributed by atoms with Gasteiger partial charge in [0.25, 0.3) is 0 Å². The highest BCUT2D eigenvalue weighted by Gasteiger charge is 2.45. The van der Waals surface area contributed by atoms with E-state index in [0.29, 0.717) is 18.2 Å². The molecule has 0 amide bonds. The highest BCUT2D eigenvalue weighted by Crippen LogP contribution is 2.44. The summed E-state index contributed by atoms with van der Waals surface area (Å²) in [4.78, 5) is 7.71. The van der Waals surface area contributed by atoms with E-state index < -0.39 is 0 Å². The first-order chi connectivity index (χ1) is 14.9. The van der Waals surface area contributed by atoms with Crippen LogP contribution in [0.2, 0.25) is 0 Å². The van der Waals surface area contributed by atoms with E-state index in [0.717, 1.165) is 37.8 Å². The molecule has 0 spiro atoms. The number of nitrogens with one attached hydrogen (secondary N) is 2. The number of pyridine rings is 1. The predicted molar refractivity (Wildman–Crippen MR) is 122 cm³/mol. The Hall–Kier alpha value is -1.91. The van der Waals surface area contributed by atoms with Crippen LogP contribution in [-0.4, -0.2) is 30.3 Å². The lowest BCUT2D eigenvalue weighted by molar-refractivity contribution is 0.119. The molecule has 30 heavy (non-hydrogen) atoms. The number of aromatic nitrogens is 1. The van der Waals surface area contributed by atoms with Crippen LogP contribution in [0.3, 0.4) is 0 Å². The number of piperidine rings is 1. The van der Waals surface area contributed by atoms with Gasteiger partial charge in [0.2, 0.25) is 0 Å². The predicted octanol–water partition coefficient (Wildman–Crippen LogP) is 4.22. The Morgan fingerprint density at radius 2 is 1.73 bits per heavy atom. The van der Waals surface area contributed by atoms with E-state index in [-0.39, 0.29) is 0 Å². The zero-order chi connectivity index (χ0) is 19.9. The van der Waals surface area contributed by atoms with Crippen LogP contribution in [-0.2, 0) is 12.8 Å². The molecule has 1 aliphatic carbocycles. The fraction of sp³-hybridized carbons (Fsp3) is 0.577. The summed E-state index contributed by atoms with van der Waals surface area (Å²) in [6.45, 7) is 2.22. The van der Waals surface area contributed by atoms with Gasteiger partial charge in [0, 0.05) is 6.20 Å². The van der Waals surface area contributed by atoms with Crippen LogP contribution in [0.15, 0.2) is 42.6 Å². The number of anilines is 1. The van der Waals surface area contributed by atoms with E-state index in [9.17, 15) is 0 Å². The maximum Gasteiger partial charge on any atom is 0.133 e. The molecule has 1 saturated carbocycles. The van der Waals surface area contributed by atoms with Crippen LogP contribution < -0.4 is 15.5 Å². The van der Waals surface area contributed by atoms with Crippen molar-refractivity contribution >= 4 is 5.82 Å². The van der Waals surface area contributed by atoms with E-state index in [1.165, 1.54) is 61.0 Å². The maximum atomic E-state index is 4.97. The van der Waals surface area contributed by atoms with Crippen molar-refractivity contribution in [2.75, 3.05) is 18.0 Å². The lowest BCUT2D eigenvalue weighted by atomic mass is 9.72. The Labute approximate surface area is 180 Å². The fourth-order valence-electron chi connectivity index (χ4n) is 6.89. The van der Waals surface area contributed by atoms with Crippen LogP contribution in [0.1, 0.15) is 61.3 Å². The molecule has 5 unspecified atom stereocenters. The molecule has 6 rings (SSSR count). The molecule has 4 heteroatoms. The van der Waals surface area contributed by atoms with Crippen LogP contribution >= 0.6 is 0 Å². The van der Waals surface area contributed by atoms with Crippen molar-refractivity contribution in [1.82, 2.24) is 15.6 Å². The second kappa shape index (κ2) is 7.97. The lowest BCUT2D eigenvalue weighted by Gasteiger charge is -2.53. The SMILES string of the molecule is c1ccc2c(c1)CCNC2C1CCc2cccnc2N1C1NCCC2CCCCC21. The molecule has 2 fully saturated rings. The third-order valence-electron chi connectivity index (χ3n) is 8.25. The zero-order valence-corrected chi connectivity index (χ0v) is 17.9. The average Bonchev–Trinajstić information content (AvgIpc) is 2.83. The first-order valence-corrected chi connectivity index (χ1v) is 12.2. The molecule has 4 heterocycles. The Morgan fingerprint density at radius 3 is 2.73 bits per heavy atom. The molecule has 5 atom stereocenters. The van der Waals surface area contributed by atoms with Crippen molar-refractivity contribution in [3.8, 4) is 0 Å². The fourth-order valence-corrected chi connectivity index (χ4v) is 6.89. The largest absolute Gasteiger partial charge is 0.336 e. The minimum atomic E-state index is 0.385. The number of hydrogen-bond donors (Lipinski definition) is 2. The molecular formula is C26H34N4. The van der Waals surface area contributed by atoms with E-state index in [1.807, 2.05) is 6.20 Å². The molecule has 3 aliphatic heterocycles. The third-order valence-corrected chi connectivity index (χ3v) is 8.25. The summed E-state index contributed by atoms with van der Waals surface area (Å²) in [6, 6.07) is 14.4. The first-order valence-electron chi connectivity index (χ1n) is 12.2. The van der Waals surface area contributed by atoms with Gasteiger partial charge in [-0.25, -0.2) is 4.98 Å². The summed E-state index contributed by atoms with van der Waals surface area (Å²) >= 11 is 0. The maximum absolute atomic E-state index is 4.97. The summed E-state index contributed by atoms with van der Waals surface area (Å²) in [5.41, 5.74) is 4.46. The summed E-state index contributed by atoms with van der Waals surface area (Å²) in [5, 5.41) is 7.90. The lowest BCUT2D eigenvalue weighted by Crippen LogP contribution is -2.63. The number of benzene rings is 1. The van der Waals surface area contributed by atoms with E-state index in [4.69, 9.17) is 4.98 Å². The van der Waals surface area contributed by atoms with Crippen molar-refractivity contribution in [1.29, 1.82) is 0 Å². The highest BCUT2D eigenvalue weighted by molar-refractivity contribution is 5.53. The van der Waals surface area contributed by atoms with Crippen LogP contribution in [0, 0.1) is 11.8 Å². The summed E-state index contributed by atoms with van der Waals surface area (Å²) in [5.74, 6) is 2.87. The van der Waals surface area contributed by atoms with Crippen molar-refractivity contribution in [2.45, 2.75) is 69.6 Å². The molecular weight excluding hydrogens is 368 g/mol. The van der Waals surface area contributed by atoms with Gasteiger partial charge in [-0.1, -0.05) is 49.6 Å². The van der Waals surface area contributed by atoms with Gasteiger partial charge in [0.15, 0.2) is 0 Å². The Morgan fingerprint density at radius 1 is 0.833 bits per heavy atom. The number of nitrogens with zero attached hydrogens (tertiary/aromatic N) is 2. The van der Waals surface area contributed by atoms with Gasteiger partial charge in [0.1, 0.15) is 5.82 Å². The Bertz CT molecular complexity index is 894. The average molecular weight is 403 g/mol. The zero-order valence-electron chi connectivity index (χ0n) is 17.9. The van der Waals surface area contributed by atoms with E-state index in [1.54, 1.807) is 0 Å². The van der Waals surface area contributed by atoms with Crippen LogP contribution in [0.5, 0.6) is 0 Å². The summed E-state index contributed by atoms with van der Waals surface area (Å²) < 4.78 is 0. The summed E-state index contributed by atoms with van der Waals surface area (Å²) in [7, 11) is 0. The van der Waals surface area contributed by atoms with Gasteiger partial charge in [-0.05, 0) is 79.8 Å². The van der Waals surface area contributed by atoms with Gasteiger partial charge < -0.3 is 10.2 Å². The van der Waals surface area contributed by atoms with Gasteiger partial charge in [-0.3, -0.25) is 5.32 Å². The molecule has 2 aromatic rings. The van der Waals surface area contributed by atoms with Crippen molar-refractivity contribution in [3.63, 3.8) is 0 Å². The molecule has 2 N–H and O–H groups in total. The monoisotopic (exact) mass is 402 g/mol. The number of fused-ring (bicyclic) bond motifs is 3. The van der Waals surface area contributed by atoms with E-state index >= 15 is 0 Å². The molecule has 1 saturated heterocycles. The molecule has 4 aliphatic rings. The van der Waals surface area contributed by atoms with Crippen LogP contribution in [0.4, 0.5) is 5.82 Å². The molecule has 0 radical (unpaired) electrons. The second-order valence-electron chi connectivity index (χ2n) is 9.78. The Kier molecular flexibility index (Phi) is 5.00. The molecule has 158 valence electrons. The third kappa shape index (κ3) is 3.16. The van der Waals surface area contributed by atoms with Gasteiger partial charge in [0.05, 0.1) is 18.2 Å². The van der Waals surface area contributed by atoms with Gasteiger partial charge in [-0.2, -0.15) is 0 Å². The number of hydrogen-bond acceptors (Lipinski definition) is 4. The minimum absolute atomic E-state index is 0.385. The van der Waals surface area contributed by atoms with Gasteiger partial charge in [-0.15, -0.1) is 0 Å². The number of rotatable bonds is 2. The molecule has 4 nitrogen and oxygen atoms in total. The minimum Gasteiger partial charge on any atom is -0.336 e. The van der Waals surface area contributed by atoms with Gasteiger partial charge >= 0.3 is 0 Å². The smallest absolute Gasteiger partial charge is 0.133 e. The van der Waals surface area contributed by atoms with Crippen molar-refractivity contribution in [2.24, 2.45) is 11.8 Å². The normalized spacial score (nSPS) is 33.3. The quantitative estimate of drug-likeness (QED) is 0.789. The topological polar surface area (TPSA) is 40.2 Å². The number of aryl methyl sites for hydroxylation is 1. The highest BCUT2D eigenvalue weighted by atomic mass is 15.3. The molecule has 1 aromatic heterocycles. The standard InChI is InChI=1S/C26H34N4/c1-3-9-21-18(6-1)13-16-27-24(21)23-12-11-20-8-5-15-28-25(20)30(23)26-22-10-4-2-7-19(22)14-17-29-26/h1,3,5-6,8-9,15,19,22-24,26-27,29H,2,4,7,10-14,16-17H2.